The largest absolute Gasteiger partial charge is 0.497 e. The van der Waals surface area contributed by atoms with Crippen LogP contribution in [0.2, 0.25) is 0 Å². The molecule has 7 nitrogen and oxygen atoms in total. The van der Waals surface area contributed by atoms with E-state index in [0.717, 1.165) is 0 Å². The van der Waals surface area contributed by atoms with E-state index in [4.69, 9.17) is 19.3 Å². The lowest BCUT2D eigenvalue weighted by atomic mass is 9.99. The summed E-state index contributed by atoms with van der Waals surface area (Å²) in [5, 5.41) is 38.2. The first kappa shape index (κ1) is 15.0. The lowest BCUT2D eigenvalue weighted by Gasteiger charge is -2.39. The molecule has 1 saturated heterocycles. The molecule has 0 aliphatic carbocycles. The van der Waals surface area contributed by atoms with E-state index in [1.165, 1.54) is 7.11 Å². The third-order valence-electron chi connectivity index (χ3n) is 3.16. The summed E-state index contributed by atoms with van der Waals surface area (Å²) in [7, 11) is 1.54. The van der Waals surface area contributed by atoms with Crippen LogP contribution in [0.1, 0.15) is 0 Å². The lowest BCUT2D eigenvalue weighted by Crippen LogP contribution is -2.60. The number of hydrogen-bond acceptors (Lipinski definition) is 7. The zero-order chi connectivity index (χ0) is 14.7. The normalized spacial score (nSPS) is 33.8. The van der Waals surface area contributed by atoms with Gasteiger partial charge >= 0.3 is 0 Å². The molecule has 4 N–H and O–H groups in total. The standard InChI is InChI=1S/C13H18O7/c1-18-7-2-4-8(5-3-7)19-13-12(17)11(16)10(15)9(6-14)20-13/h2-5,9-17H,6H2,1H3/t9?,10-,11+,12?,13-/m1/s1. The molecule has 0 amide bonds. The number of aliphatic hydroxyl groups is 4. The summed E-state index contributed by atoms with van der Waals surface area (Å²) in [5.41, 5.74) is 0. The third-order valence-corrected chi connectivity index (χ3v) is 3.16. The van der Waals surface area contributed by atoms with Crippen molar-refractivity contribution in [2.24, 2.45) is 0 Å². The highest BCUT2D eigenvalue weighted by atomic mass is 16.7. The van der Waals surface area contributed by atoms with Gasteiger partial charge < -0.3 is 34.6 Å². The fourth-order valence-corrected chi connectivity index (χ4v) is 1.95. The molecule has 0 saturated carbocycles. The van der Waals surface area contributed by atoms with Crippen molar-refractivity contribution in [1.82, 2.24) is 0 Å². The van der Waals surface area contributed by atoms with Crippen LogP contribution in [-0.4, -0.2) is 64.8 Å². The van der Waals surface area contributed by atoms with E-state index in [-0.39, 0.29) is 0 Å². The first-order valence-corrected chi connectivity index (χ1v) is 6.18. The van der Waals surface area contributed by atoms with Crippen LogP contribution in [0.4, 0.5) is 0 Å². The molecule has 5 atom stereocenters. The van der Waals surface area contributed by atoms with Gasteiger partial charge in [-0.3, -0.25) is 0 Å². The topological polar surface area (TPSA) is 109 Å². The van der Waals surface area contributed by atoms with Gasteiger partial charge in [0.2, 0.25) is 6.29 Å². The first-order valence-electron chi connectivity index (χ1n) is 6.18. The Morgan fingerprint density at radius 1 is 1.00 bits per heavy atom. The summed E-state index contributed by atoms with van der Waals surface area (Å²) in [4.78, 5) is 0. The molecule has 0 aromatic heterocycles. The monoisotopic (exact) mass is 286 g/mol. The Labute approximate surface area is 115 Å². The molecule has 1 aromatic rings. The number of ether oxygens (including phenoxy) is 3. The van der Waals surface area contributed by atoms with E-state index in [2.05, 4.69) is 0 Å². The molecule has 1 heterocycles. The second-order valence-corrected chi connectivity index (χ2v) is 4.49. The Balaban J connectivity index is 2.06. The van der Waals surface area contributed by atoms with E-state index in [1.54, 1.807) is 24.3 Å². The summed E-state index contributed by atoms with van der Waals surface area (Å²) in [6, 6.07) is 6.55. The first-order chi connectivity index (χ1) is 9.56. The molecule has 1 aromatic carbocycles. The summed E-state index contributed by atoms with van der Waals surface area (Å²) in [6.45, 7) is -0.493. The highest BCUT2D eigenvalue weighted by Crippen LogP contribution is 2.25. The van der Waals surface area contributed by atoms with Crippen molar-refractivity contribution in [2.45, 2.75) is 30.7 Å². The smallest absolute Gasteiger partial charge is 0.229 e. The molecular formula is C13H18O7. The Morgan fingerprint density at radius 2 is 1.60 bits per heavy atom. The molecule has 1 fully saturated rings. The molecule has 112 valence electrons. The molecule has 1 aliphatic heterocycles. The number of methoxy groups -OCH3 is 1. The van der Waals surface area contributed by atoms with Gasteiger partial charge in [0.15, 0.2) is 0 Å². The molecule has 20 heavy (non-hydrogen) atoms. The number of rotatable bonds is 4. The Bertz CT molecular complexity index is 419. The Hall–Kier alpha value is -1.38. The van der Waals surface area contributed by atoms with Gasteiger partial charge in [-0.1, -0.05) is 0 Å². The van der Waals surface area contributed by atoms with Crippen LogP contribution in [0.25, 0.3) is 0 Å². The SMILES string of the molecule is COc1ccc(O[C@@H]2OC(CO)[C@@H](O)[C@H](O)C2O)cc1. The van der Waals surface area contributed by atoms with Gasteiger partial charge in [-0.15, -0.1) is 0 Å². The van der Waals surface area contributed by atoms with Crippen LogP contribution >= 0.6 is 0 Å². The minimum Gasteiger partial charge on any atom is -0.497 e. The predicted molar refractivity (Wildman–Crippen MR) is 67.4 cm³/mol. The van der Waals surface area contributed by atoms with Gasteiger partial charge in [0.1, 0.15) is 35.9 Å². The van der Waals surface area contributed by atoms with E-state index in [1.807, 2.05) is 0 Å². The van der Waals surface area contributed by atoms with Crippen molar-refractivity contribution in [3.63, 3.8) is 0 Å². The zero-order valence-electron chi connectivity index (χ0n) is 10.9. The summed E-state index contributed by atoms with van der Waals surface area (Å²) in [6.07, 6.45) is -6.44. The van der Waals surface area contributed by atoms with Gasteiger partial charge in [0.25, 0.3) is 0 Å². The maximum Gasteiger partial charge on any atom is 0.229 e. The maximum absolute atomic E-state index is 9.82. The van der Waals surface area contributed by atoms with Gasteiger partial charge in [-0.2, -0.15) is 0 Å². The molecular weight excluding hydrogens is 268 g/mol. The molecule has 0 spiro atoms. The fourth-order valence-electron chi connectivity index (χ4n) is 1.95. The van der Waals surface area contributed by atoms with Gasteiger partial charge in [0.05, 0.1) is 13.7 Å². The van der Waals surface area contributed by atoms with E-state index < -0.39 is 37.3 Å². The van der Waals surface area contributed by atoms with Crippen LogP contribution in [-0.2, 0) is 4.74 Å². The van der Waals surface area contributed by atoms with Crippen LogP contribution in [0.3, 0.4) is 0 Å². The van der Waals surface area contributed by atoms with E-state index in [0.29, 0.717) is 11.5 Å². The van der Waals surface area contributed by atoms with Crippen molar-refractivity contribution >= 4 is 0 Å². The van der Waals surface area contributed by atoms with Gasteiger partial charge in [-0.05, 0) is 24.3 Å². The second-order valence-electron chi connectivity index (χ2n) is 4.49. The van der Waals surface area contributed by atoms with Gasteiger partial charge in [0, 0.05) is 0 Å². The molecule has 0 bridgehead atoms. The lowest BCUT2D eigenvalue weighted by molar-refractivity contribution is -0.277. The number of aliphatic hydroxyl groups excluding tert-OH is 4. The van der Waals surface area contributed by atoms with E-state index in [9.17, 15) is 15.3 Å². The van der Waals surface area contributed by atoms with E-state index >= 15 is 0 Å². The van der Waals surface area contributed by atoms with Crippen LogP contribution in [0.15, 0.2) is 24.3 Å². The molecule has 0 radical (unpaired) electrons. The van der Waals surface area contributed by atoms with Crippen molar-refractivity contribution in [2.75, 3.05) is 13.7 Å². The molecule has 1 aliphatic rings. The minimum absolute atomic E-state index is 0.398. The summed E-state index contributed by atoms with van der Waals surface area (Å²) in [5.74, 6) is 1.04. The summed E-state index contributed by atoms with van der Waals surface area (Å²) >= 11 is 0. The Kier molecular flexibility index (Phi) is 4.79. The maximum atomic E-state index is 9.82. The molecule has 2 unspecified atom stereocenters. The third kappa shape index (κ3) is 3.02. The average Bonchev–Trinajstić information content (AvgIpc) is 2.48. The number of hydrogen-bond donors (Lipinski definition) is 4. The zero-order valence-corrected chi connectivity index (χ0v) is 10.9. The summed E-state index contributed by atoms with van der Waals surface area (Å²) < 4.78 is 15.6. The second kappa shape index (κ2) is 6.38. The minimum atomic E-state index is -1.45. The van der Waals surface area contributed by atoms with Crippen molar-refractivity contribution in [3.8, 4) is 11.5 Å². The average molecular weight is 286 g/mol. The highest BCUT2D eigenvalue weighted by Gasteiger charge is 2.44. The quantitative estimate of drug-likeness (QED) is 0.555. The number of benzene rings is 1. The highest BCUT2D eigenvalue weighted by molar-refractivity contribution is 5.31. The van der Waals surface area contributed by atoms with Crippen molar-refractivity contribution in [1.29, 1.82) is 0 Å². The van der Waals surface area contributed by atoms with Crippen LogP contribution in [0, 0.1) is 0 Å². The molecule has 7 heteroatoms. The van der Waals surface area contributed by atoms with Gasteiger partial charge in [-0.25, -0.2) is 0 Å². The predicted octanol–water partition coefficient (Wildman–Crippen LogP) is -1.13. The van der Waals surface area contributed by atoms with Crippen LogP contribution in [0.5, 0.6) is 11.5 Å². The molecule has 2 rings (SSSR count). The van der Waals surface area contributed by atoms with Crippen molar-refractivity contribution < 1.29 is 34.6 Å². The van der Waals surface area contributed by atoms with Crippen LogP contribution < -0.4 is 9.47 Å². The van der Waals surface area contributed by atoms with Crippen molar-refractivity contribution in [3.05, 3.63) is 24.3 Å². The Morgan fingerprint density at radius 3 is 2.15 bits per heavy atom. The fraction of sp³-hybridized carbons (Fsp3) is 0.538.